The standard InChI is InChI=1S/C22H21NO3/c1-4-25-20-11-16-9-15(3)26-21(16)12-17(20)10-18(13-23)22(24)19-8-6-5-7-14(19)2/h5-8,10-12,15H,4,9H2,1-3H3/b18-10+/t15-/m1/s1. The van der Waals surface area contributed by atoms with Gasteiger partial charge in [0.25, 0.3) is 0 Å². The van der Waals surface area contributed by atoms with Crippen molar-refractivity contribution in [2.75, 3.05) is 6.61 Å². The first-order valence-electron chi connectivity index (χ1n) is 8.72. The van der Waals surface area contributed by atoms with E-state index in [-0.39, 0.29) is 17.5 Å². The summed E-state index contributed by atoms with van der Waals surface area (Å²) in [4.78, 5) is 12.8. The highest BCUT2D eigenvalue weighted by Gasteiger charge is 2.22. The molecule has 0 saturated carbocycles. The number of fused-ring (bicyclic) bond motifs is 1. The number of hydrogen-bond acceptors (Lipinski definition) is 4. The van der Waals surface area contributed by atoms with Gasteiger partial charge in [0.1, 0.15) is 29.2 Å². The van der Waals surface area contributed by atoms with E-state index < -0.39 is 0 Å². The van der Waals surface area contributed by atoms with Gasteiger partial charge in [0.2, 0.25) is 5.78 Å². The maximum absolute atomic E-state index is 12.8. The lowest BCUT2D eigenvalue weighted by Crippen LogP contribution is -2.05. The Labute approximate surface area is 153 Å². The lowest BCUT2D eigenvalue weighted by atomic mass is 9.97. The number of allylic oxidation sites excluding steroid dienone is 1. The number of hydrogen-bond donors (Lipinski definition) is 0. The van der Waals surface area contributed by atoms with E-state index in [4.69, 9.17) is 9.47 Å². The minimum atomic E-state index is -0.289. The number of benzene rings is 2. The normalized spacial score (nSPS) is 15.8. The summed E-state index contributed by atoms with van der Waals surface area (Å²) in [6.45, 7) is 6.28. The first kappa shape index (κ1) is 17.8. The molecule has 1 atom stereocenters. The van der Waals surface area contributed by atoms with Crippen LogP contribution in [0.1, 0.15) is 40.9 Å². The zero-order valence-electron chi connectivity index (χ0n) is 15.2. The van der Waals surface area contributed by atoms with Crippen molar-refractivity contribution >= 4 is 11.9 Å². The Morgan fingerprint density at radius 3 is 2.85 bits per heavy atom. The maximum Gasteiger partial charge on any atom is 0.203 e. The van der Waals surface area contributed by atoms with Gasteiger partial charge in [0, 0.05) is 23.1 Å². The molecular weight excluding hydrogens is 326 g/mol. The minimum Gasteiger partial charge on any atom is -0.493 e. The van der Waals surface area contributed by atoms with Crippen molar-refractivity contribution in [1.82, 2.24) is 0 Å². The lowest BCUT2D eigenvalue weighted by Gasteiger charge is -2.11. The van der Waals surface area contributed by atoms with E-state index in [1.165, 1.54) is 0 Å². The van der Waals surface area contributed by atoms with Crippen molar-refractivity contribution in [3.8, 4) is 17.6 Å². The molecule has 0 saturated heterocycles. The third kappa shape index (κ3) is 3.48. The summed E-state index contributed by atoms with van der Waals surface area (Å²) in [5, 5.41) is 9.56. The Hall–Kier alpha value is -3.06. The minimum absolute atomic E-state index is 0.0752. The highest BCUT2D eigenvalue weighted by atomic mass is 16.5. The number of Topliss-reactive ketones (excluding diaryl/α,β-unsaturated/α-hetero) is 1. The van der Waals surface area contributed by atoms with Crippen molar-refractivity contribution in [2.45, 2.75) is 33.3 Å². The second-order valence-corrected chi connectivity index (χ2v) is 6.38. The monoisotopic (exact) mass is 347 g/mol. The van der Waals surface area contributed by atoms with E-state index in [1.807, 2.05) is 51.1 Å². The van der Waals surface area contributed by atoms with Crippen LogP contribution in [-0.2, 0) is 6.42 Å². The molecule has 132 valence electrons. The summed E-state index contributed by atoms with van der Waals surface area (Å²) < 4.78 is 11.5. The maximum atomic E-state index is 12.8. The Morgan fingerprint density at radius 2 is 2.15 bits per heavy atom. The number of nitriles is 1. The van der Waals surface area contributed by atoms with E-state index >= 15 is 0 Å². The summed E-state index contributed by atoms with van der Waals surface area (Å²) >= 11 is 0. The molecule has 0 fully saturated rings. The zero-order chi connectivity index (χ0) is 18.7. The van der Waals surface area contributed by atoms with Gasteiger partial charge >= 0.3 is 0 Å². The van der Waals surface area contributed by atoms with Crippen molar-refractivity contribution in [3.63, 3.8) is 0 Å². The molecule has 1 aliphatic rings. The summed E-state index contributed by atoms with van der Waals surface area (Å²) in [5.41, 5.74) is 3.21. The molecule has 0 aliphatic carbocycles. The number of carbonyl (C=O) groups excluding carboxylic acids is 1. The number of rotatable bonds is 5. The quantitative estimate of drug-likeness (QED) is 0.454. The topological polar surface area (TPSA) is 59.3 Å². The van der Waals surface area contributed by atoms with Crippen molar-refractivity contribution in [3.05, 3.63) is 64.2 Å². The molecule has 0 unspecified atom stereocenters. The van der Waals surface area contributed by atoms with Gasteiger partial charge < -0.3 is 9.47 Å². The molecule has 2 aromatic rings. The predicted molar refractivity (Wildman–Crippen MR) is 101 cm³/mol. The molecule has 0 N–H and O–H groups in total. The first-order valence-corrected chi connectivity index (χ1v) is 8.72. The van der Waals surface area contributed by atoms with E-state index in [0.717, 1.165) is 23.3 Å². The lowest BCUT2D eigenvalue weighted by molar-refractivity contribution is 0.103. The van der Waals surface area contributed by atoms with Crippen LogP contribution in [-0.4, -0.2) is 18.5 Å². The molecule has 0 bridgehead atoms. The molecule has 3 rings (SSSR count). The number of nitrogens with zero attached hydrogens (tertiary/aromatic N) is 1. The van der Waals surface area contributed by atoms with Gasteiger partial charge in [-0.15, -0.1) is 0 Å². The molecule has 0 radical (unpaired) electrons. The molecule has 1 aliphatic heterocycles. The van der Waals surface area contributed by atoms with Gasteiger partial charge in [-0.25, -0.2) is 0 Å². The third-order valence-corrected chi connectivity index (χ3v) is 4.38. The van der Waals surface area contributed by atoms with Crippen LogP contribution >= 0.6 is 0 Å². The fourth-order valence-corrected chi connectivity index (χ4v) is 3.13. The summed E-state index contributed by atoms with van der Waals surface area (Å²) in [7, 11) is 0. The first-order chi connectivity index (χ1) is 12.5. The second kappa shape index (κ2) is 7.45. The molecule has 0 aromatic heterocycles. The van der Waals surface area contributed by atoms with Gasteiger partial charge in [-0.2, -0.15) is 5.26 Å². The third-order valence-electron chi connectivity index (χ3n) is 4.38. The molecule has 26 heavy (non-hydrogen) atoms. The van der Waals surface area contributed by atoms with Crippen LogP contribution in [0.4, 0.5) is 0 Å². The molecule has 4 heteroatoms. The Balaban J connectivity index is 2.04. The van der Waals surface area contributed by atoms with Crippen LogP contribution in [0.25, 0.3) is 6.08 Å². The van der Waals surface area contributed by atoms with E-state index in [2.05, 4.69) is 0 Å². The average molecular weight is 347 g/mol. The second-order valence-electron chi connectivity index (χ2n) is 6.38. The van der Waals surface area contributed by atoms with Crippen LogP contribution in [0.3, 0.4) is 0 Å². The Morgan fingerprint density at radius 1 is 1.38 bits per heavy atom. The summed E-state index contributed by atoms with van der Waals surface area (Å²) in [5.74, 6) is 1.16. The predicted octanol–water partition coefficient (Wildman–Crippen LogP) is 4.51. The fraction of sp³-hybridized carbons (Fsp3) is 0.273. The van der Waals surface area contributed by atoms with Crippen LogP contribution in [0, 0.1) is 18.3 Å². The fourth-order valence-electron chi connectivity index (χ4n) is 3.13. The van der Waals surface area contributed by atoms with Crippen molar-refractivity contribution in [2.24, 2.45) is 0 Å². The van der Waals surface area contributed by atoms with Crippen LogP contribution in [0.5, 0.6) is 11.5 Å². The van der Waals surface area contributed by atoms with Gasteiger partial charge in [0.15, 0.2) is 0 Å². The molecule has 2 aromatic carbocycles. The van der Waals surface area contributed by atoms with E-state index in [1.54, 1.807) is 18.2 Å². The van der Waals surface area contributed by atoms with Crippen molar-refractivity contribution in [1.29, 1.82) is 5.26 Å². The highest BCUT2D eigenvalue weighted by Crippen LogP contribution is 2.36. The van der Waals surface area contributed by atoms with Gasteiger partial charge in [0.05, 0.1) is 6.61 Å². The van der Waals surface area contributed by atoms with Crippen molar-refractivity contribution < 1.29 is 14.3 Å². The SMILES string of the molecule is CCOc1cc2c(cc1/C=C(\C#N)C(=O)c1ccccc1C)O[C@H](C)C2. The van der Waals surface area contributed by atoms with E-state index in [0.29, 0.717) is 23.5 Å². The number of ketones is 1. The Bertz CT molecular complexity index is 921. The molecule has 1 heterocycles. The Kier molecular flexibility index (Phi) is 5.09. The van der Waals surface area contributed by atoms with Crippen LogP contribution in [0.15, 0.2) is 42.0 Å². The van der Waals surface area contributed by atoms with Crippen LogP contribution < -0.4 is 9.47 Å². The molecule has 0 amide bonds. The molecular formula is C22H21NO3. The van der Waals surface area contributed by atoms with Crippen LogP contribution in [0.2, 0.25) is 0 Å². The highest BCUT2D eigenvalue weighted by molar-refractivity contribution is 6.14. The average Bonchev–Trinajstić information content (AvgIpc) is 2.98. The smallest absolute Gasteiger partial charge is 0.203 e. The van der Waals surface area contributed by atoms with Gasteiger partial charge in [-0.3, -0.25) is 4.79 Å². The number of aryl methyl sites for hydroxylation is 1. The van der Waals surface area contributed by atoms with E-state index in [9.17, 15) is 10.1 Å². The largest absolute Gasteiger partial charge is 0.493 e. The number of ether oxygens (including phenoxy) is 2. The van der Waals surface area contributed by atoms with Gasteiger partial charge in [-0.05, 0) is 44.5 Å². The molecule has 0 spiro atoms. The summed E-state index contributed by atoms with van der Waals surface area (Å²) in [6, 6.07) is 13.1. The number of carbonyl (C=O) groups is 1. The molecule has 4 nitrogen and oxygen atoms in total. The van der Waals surface area contributed by atoms with Gasteiger partial charge in [-0.1, -0.05) is 24.3 Å². The zero-order valence-corrected chi connectivity index (χ0v) is 15.2. The summed E-state index contributed by atoms with van der Waals surface area (Å²) in [6.07, 6.45) is 2.53.